The predicted molar refractivity (Wildman–Crippen MR) is 85.4 cm³/mol. The minimum atomic E-state index is -0.973. The predicted octanol–water partition coefficient (Wildman–Crippen LogP) is 3.47. The van der Waals surface area contributed by atoms with Gasteiger partial charge in [-0.15, -0.1) is 0 Å². The molecular weight excluding hydrogens is 302 g/mol. The maximum Gasteiger partial charge on any atom is 0.335 e. The number of aromatic carboxylic acids is 1. The number of carbonyl (C=O) groups is 1. The van der Waals surface area contributed by atoms with Gasteiger partial charge in [-0.2, -0.15) is 5.10 Å². The summed E-state index contributed by atoms with van der Waals surface area (Å²) in [5.74, 6) is -0.509. The van der Waals surface area contributed by atoms with Crippen LogP contribution in [-0.4, -0.2) is 20.9 Å². The van der Waals surface area contributed by atoms with Crippen LogP contribution in [0.4, 0.5) is 5.82 Å². The Kier molecular flexibility index (Phi) is 3.56. The Morgan fingerprint density at radius 3 is 2.55 bits per heavy atom. The maximum atomic E-state index is 10.9. The number of nitrogen functional groups attached to an aromatic ring is 1. The molecule has 0 saturated carbocycles. The molecule has 22 heavy (non-hydrogen) atoms. The normalized spacial score (nSPS) is 10.6. The molecule has 0 aliphatic rings. The van der Waals surface area contributed by atoms with Crippen LogP contribution in [0, 0.1) is 0 Å². The highest BCUT2D eigenvalue weighted by Gasteiger charge is 2.12. The summed E-state index contributed by atoms with van der Waals surface area (Å²) in [6.07, 6.45) is 1.66. The van der Waals surface area contributed by atoms with E-state index in [1.807, 2.05) is 18.2 Å². The van der Waals surface area contributed by atoms with Gasteiger partial charge in [-0.05, 0) is 42.0 Å². The number of anilines is 1. The van der Waals surface area contributed by atoms with E-state index in [4.69, 9.17) is 22.4 Å². The summed E-state index contributed by atoms with van der Waals surface area (Å²) in [5, 5.41) is 13.8. The summed E-state index contributed by atoms with van der Waals surface area (Å²) in [5.41, 5.74) is 8.70. The molecule has 1 aromatic heterocycles. The zero-order valence-electron chi connectivity index (χ0n) is 11.4. The van der Waals surface area contributed by atoms with Gasteiger partial charge in [0.2, 0.25) is 0 Å². The van der Waals surface area contributed by atoms with Gasteiger partial charge in [-0.3, -0.25) is 0 Å². The first-order chi connectivity index (χ1) is 10.6. The molecule has 0 fully saturated rings. The summed E-state index contributed by atoms with van der Waals surface area (Å²) in [6, 6.07) is 13.7. The Bertz CT molecular complexity index is 841. The number of nitrogens with two attached hydrogens (primary N) is 1. The number of carboxylic acids is 1. The minimum absolute atomic E-state index is 0.213. The molecule has 2 aromatic carbocycles. The fraction of sp³-hybridized carbons (Fsp3) is 0. The zero-order chi connectivity index (χ0) is 15.7. The van der Waals surface area contributed by atoms with E-state index in [1.54, 1.807) is 29.1 Å². The van der Waals surface area contributed by atoms with Crippen LogP contribution >= 0.6 is 11.6 Å². The van der Waals surface area contributed by atoms with E-state index in [1.165, 1.54) is 12.1 Å². The van der Waals surface area contributed by atoms with E-state index in [-0.39, 0.29) is 5.56 Å². The number of benzene rings is 2. The molecule has 5 nitrogen and oxygen atoms in total. The van der Waals surface area contributed by atoms with Crippen LogP contribution in [0.3, 0.4) is 0 Å². The van der Waals surface area contributed by atoms with E-state index < -0.39 is 5.97 Å². The number of halogens is 1. The summed E-state index contributed by atoms with van der Waals surface area (Å²) in [6.45, 7) is 0. The number of carboxylic acid groups (broad SMARTS) is 1. The van der Waals surface area contributed by atoms with E-state index in [0.717, 1.165) is 11.1 Å². The number of rotatable bonds is 3. The fourth-order valence-electron chi connectivity index (χ4n) is 2.19. The van der Waals surface area contributed by atoms with Crippen molar-refractivity contribution in [3.05, 3.63) is 65.3 Å². The molecule has 1 heterocycles. The second-order valence-corrected chi connectivity index (χ2v) is 5.15. The van der Waals surface area contributed by atoms with Crippen LogP contribution < -0.4 is 5.73 Å². The number of aromatic nitrogens is 2. The van der Waals surface area contributed by atoms with Crippen molar-refractivity contribution in [1.82, 2.24) is 9.78 Å². The van der Waals surface area contributed by atoms with Gasteiger partial charge in [-0.25, -0.2) is 9.48 Å². The molecule has 3 N–H and O–H groups in total. The van der Waals surface area contributed by atoms with Gasteiger partial charge in [0.25, 0.3) is 0 Å². The van der Waals surface area contributed by atoms with Gasteiger partial charge in [0.1, 0.15) is 5.82 Å². The highest BCUT2D eigenvalue weighted by atomic mass is 35.5. The highest BCUT2D eigenvalue weighted by molar-refractivity contribution is 6.30. The average Bonchev–Trinajstić information content (AvgIpc) is 2.89. The van der Waals surface area contributed by atoms with Crippen molar-refractivity contribution in [2.24, 2.45) is 0 Å². The molecule has 0 aliphatic carbocycles. The number of hydrogen-bond donors (Lipinski definition) is 2. The van der Waals surface area contributed by atoms with E-state index >= 15 is 0 Å². The molecule has 3 aromatic rings. The van der Waals surface area contributed by atoms with Crippen molar-refractivity contribution >= 4 is 23.4 Å². The van der Waals surface area contributed by atoms with Crippen molar-refractivity contribution < 1.29 is 9.90 Å². The van der Waals surface area contributed by atoms with Crippen LogP contribution in [0.2, 0.25) is 5.02 Å². The van der Waals surface area contributed by atoms with Crippen molar-refractivity contribution in [1.29, 1.82) is 0 Å². The summed E-state index contributed by atoms with van der Waals surface area (Å²) >= 11 is 5.99. The SMILES string of the molecule is Nc1c(-c2cccc(Cl)c2)cnn1-c1ccc(C(=O)O)cc1. The first-order valence-corrected chi connectivity index (χ1v) is 6.87. The molecule has 0 unspecified atom stereocenters. The Hall–Kier alpha value is -2.79. The minimum Gasteiger partial charge on any atom is -0.478 e. The maximum absolute atomic E-state index is 10.9. The second-order valence-electron chi connectivity index (χ2n) is 4.72. The van der Waals surface area contributed by atoms with Crippen molar-refractivity contribution in [3.8, 4) is 16.8 Å². The molecule has 0 atom stereocenters. The van der Waals surface area contributed by atoms with Gasteiger partial charge in [0.05, 0.1) is 17.4 Å². The molecular formula is C16H12ClN3O2. The quantitative estimate of drug-likeness (QED) is 0.775. The van der Waals surface area contributed by atoms with Crippen LogP contribution in [0.5, 0.6) is 0 Å². The van der Waals surface area contributed by atoms with Gasteiger partial charge < -0.3 is 10.8 Å². The zero-order valence-corrected chi connectivity index (χ0v) is 12.2. The molecule has 6 heteroatoms. The number of nitrogens with zero attached hydrogens (tertiary/aromatic N) is 2. The van der Waals surface area contributed by atoms with Crippen molar-refractivity contribution in [2.75, 3.05) is 5.73 Å². The third-order valence-electron chi connectivity index (χ3n) is 3.30. The Labute approximate surface area is 131 Å². The van der Waals surface area contributed by atoms with Gasteiger partial charge in [-0.1, -0.05) is 23.7 Å². The van der Waals surface area contributed by atoms with Gasteiger partial charge in [0.15, 0.2) is 0 Å². The van der Waals surface area contributed by atoms with Crippen LogP contribution in [-0.2, 0) is 0 Å². The average molecular weight is 314 g/mol. The Balaban J connectivity index is 2.01. The molecule has 0 radical (unpaired) electrons. The van der Waals surface area contributed by atoms with Crippen LogP contribution in [0.1, 0.15) is 10.4 Å². The first-order valence-electron chi connectivity index (χ1n) is 6.49. The topological polar surface area (TPSA) is 81.1 Å². The molecule has 0 bridgehead atoms. The lowest BCUT2D eigenvalue weighted by Crippen LogP contribution is -2.03. The van der Waals surface area contributed by atoms with Crippen LogP contribution in [0.25, 0.3) is 16.8 Å². The smallest absolute Gasteiger partial charge is 0.335 e. The lowest BCUT2D eigenvalue weighted by Gasteiger charge is -2.06. The standard InChI is InChI=1S/C16H12ClN3O2/c17-12-3-1-2-11(8-12)14-9-19-20(15(14)18)13-6-4-10(5-7-13)16(21)22/h1-9H,18H2,(H,21,22). The summed E-state index contributed by atoms with van der Waals surface area (Å²) in [4.78, 5) is 10.9. The van der Waals surface area contributed by atoms with Crippen molar-refractivity contribution in [3.63, 3.8) is 0 Å². The summed E-state index contributed by atoms with van der Waals surface area (Å²) < 4.78 is 1.56. The molecule has 0 saturated heterocycles. The number of hydrogen-bond acceptors (Lipinski definition) is 3. The Morgan fingerprint density at radius 2 is 1.91 bits per heavy atom. The lowest BCUT2D eigenvalue weighted by molar-refractivity contribution is 0.0697. The van der Waals surface area contributed by atoms with E-state index in [0.29, 0.717) is 16.5 Å². The van der Waals surface area contributed by atoms with E-state index in [2.05, 4.69) is 5.10 Å². The lowest BCUT2D eigenvalue weighted by atomic mass is 10.1. The van der Waals surface area contributed by atoms with Gasteiger partial charge >= 0.3 is 5.97 Å². The third kappa shape index (κ3) is 2.54. The molecule has 110 valence electrons. The molecule has 0 aliphatic heterocycles. The van der Waals surface area contributed by atoms with Gasteiger partial charge in [0, 0.05) is 10.6 Å². The van der Waals surface area contributed by atoms with Crippen molar-refractivity contribution in [2.45, 2.75) is 0 Å². The second kappa shape index (κ2) is 5.54. The molecule has 0 amide bonds. The van der Waals surface area contributed by atoms with Crippen LogP contribution in [0.15, 0.2) is 54.7 Å². The highest BCUT2D eigenvalue weighted by Crippen LogP contribution is 2.29. The summed E-state index contributed by atoms with van der Waals surface area (Å²) in [7, 11) is 0. The monoisotopic (exact) mass is 313 g/mol. The molecule has 0 spiro atoms. The largest absolute Gasteiger partial charge is 0.478 e. The Morgan fingerprint density at radius 1 is 1.18 bits per heavy atom. The van der Waals surface area contributed by atoms with E-state index in [9.17, 15) is 4.79 Å². The fourth-order valence-corrected chi connectivity index (χ4v) is 2.38. The molecule has 3 rings (SSSR count). The first kappa shape index (κ1) is 14.2. The third-order valence-corrected chi connectivity index (χ3v) is 3.54.